The lowest BCUT2D eigenvalue weighted by Gasteiger charge is -2.40. The lowest BCUT2D eigenvalue weighted by Crippen LogP contribution is -2.48. The van der Waals surface area contributed by atoms with Crippen molar-refractivity contribution < 1.29 is 17.9 Å². The highest BCUT2D eigenvalue weighted by atomic mass is 32.2. The molecule has 1 aliphatic heterocycles. The summed E-state index contributed by atoms with van der Waals surface area (Å²) in [7, 11) is -1.95. The number of sulfonamides is 1. The Balaban J connectivity index is 1.37. The number of nitrogens with zero attached hydrogens (tertiary/aromatic N) is 3. The first-order chi connectivity index (χ1) is 20.2. The molecule has 0 saturated carbocycles. The molecule has 0 aromatic heterocycles. The molecule has 3 aromatic carbocycles. The summed E-state index contributed by atoms with van der Waals surface area (Å²) in [5, 5.41) is 0. The lowest BCUT2D eigenvalue weighted by atomic mass is 9.79. The number of hydrogen-bond acceptors (Lipinski definition) is 5. The van der Waals surface area contributed by atoms with Gasteiger partial charge in [-0.1, -0.05) is 91.9 Å². The summed E-state index contributed by atoms with van der Waals surface area (Å²) in [6.45, 7) is 9.61. The van der Waals surface area contributed by atoms with Crippen molar-refractivity contribution in [3.63, 3.8) is 0 Å². The van der Waals surface area contributed by atoms with Crippen LogP contribution >= 0.6 is 0 Å². The summed E-state index contributed by atoms with van der Waals surface area (Å²) in [5.41, 5.74) is 1.70. The van der Waals surface area contributed by atoms with Crippen LogP contribution in [0, 0.1) is 0 Å². The molecular formula is C34H43N3O4S. The fraction of sp³-hybridized carbons (Fsp3) is 0.382. The number of ether oxygens (including phenoxy) is 1. The van der Waals surface area contributed by atoms with Gasteiger partial charge in [0, 0.05) is 44.7 Å². The Hall–Kier alpha value is -3.46. The maximum atomic E-state index is 13.3. The Morgan fingerprint density at radius 1 is 0.976 bits per heavy atom. The van der Waals surface area contributed by atoms with Crippen molar-refractivity contribution in [1.82, 2.24) is 14.1 Å². The molecule has 0 bridgehead atoms. The van der Waals surface area contributed by atoms with Gasteiger partial charge >= 0.3 is 6.09 Å². The van der Waals surface area contributed by atoms with Crippen molar-refractivity contribution in [2.45, 2.75) is 49.1 Å². The molecule has 1 amide bonds. The summed E-state index contributed by atoms with van der Waals surface area (Å²) in [4.78, 5) is 17.5. The summed E-state index contributed by atoms with van der Waals surface area (Å²) in [6.07, 6.45) is 3.93. The van der Waals surface area contributed by atoms with Gasteiger partial charge in [0.15, 0.2) is 0 Å². The van der Waals surface area contributed by atoms with E-state index in [1.54, 1.807) is 42.3 Å². The van der Waals surface area contributed by atoms with Crippen molar-refractivity contribution in [3.05, 3.63) is 115 Å². The molecule has 1 aliphatic rings. The first-order valence-corrected chi connectivity index (χ1v) is 16.0. The maximum Gasteiger partial charge on any atom is 0.410 e. The third-order valence-electron chi connectivity index (χ3n) is 8.24. The van der Waals surface area contributed by atoms with Gasteiger partial charge in [-0.25, -0.2) is 17.5 Å². The van der Waals surface area contributed by atoms with Gasteiger partial charge in [0.05, 0.1) is 4.90 Å². The van der Waals surface area contributed by atoms with E-state index in [1.807, 2.05) is 54.6 Å². The minimum Gasteiger partial charge on any atom is -0.445 e. The van der Waals surface area contributed by atoms with Gasteiger partial charge < -0.3 is 14.5 Å². The Kier molecular flexibility index (Phi) is 11.0. The highest BCUT2D eigenvalue weighted by Crippen LogP contribution is 2.31. The summed E-state index contributed by atoms with van der Waals surface area (Å²) in [5.74, 6) is 0. The molecule has 1 fully saturated rings. The van der Waals surface area contributed by atoms with Crippen molar-refractivity contribution in [2.24, 2.45) is 0 Å². The quantitative estimate of drug-likeness (QED) is 0.231. The zero-order chi connectivity index (χ0) is 30.0. The number of likely N-dealkylation sites (N-methyl/N-ethyl adjacent to an activating group) is 1. The highest BCUT2D eigenvalue weighted by Gasteiger charge is 2.34. The second-order valence-corrected chi connectivity index (χ2v) is 13.3. The van der Waals surface area contributed by atoms with Gasteiger partial charge in [0.25, 0.3) is 0 Å². The zero-order valence-electron chi connectivity index (χ0n) is 24.8. The van der Waals surface area contributed by atoms with Crippen LogP contribution in [0.4, 0.5) is 4.79 Å². The number of piperidine rings is 1. The number of amides is 1. The third kappa shape index (κ3) is 8.09. The number of carbonyl (C=O) groups is 1. The molecule has 3 aromatic rings. The molecule has 1 atom stereocenters. The van der Waals surface area contributed by atoms with Gasteiger partial charge in [-0.15, -0.1) is 6.58 Å². The Bertz CT molecular complexity index is 1380. The van der Waals surface area contributed by atoms with E-state index in [4.69, 9.17) is 4.74 Å². The number of rotatable bonds is 13. The third-order valence-corrected chi connectivity index (χ3v) is 10.1. The SMILES string of the molecule is C=CCN(C(=O)OCc1ccccc1)C1CCN(CC[C@](C)(CN(C)S(=O)(=O)c2ccccc2)c2ccccc2)CC1. The zero-order valence-corrected chi connectivity index (χ0v) is 25.6. The van der Waals surface area contributed by atoms with Crippen LogP contribution < -0.4 is 0 Å². The number of benzene rings is 3. The second-order valence-electron chi connectivity index (χ2n) is 11.3. The van der Waals surface area contributed by atoms with E-state index in [9.17, 15) is 13.2 Å². The Labute approximate surface area is 251 Å². The van der Waals surface area contributed by atoms with Crippen molar-refractivity contribution in [2.75, 3.05) is 39.8 Å². The van der Waals surface area contributed by atoms with Crippen LogP contribution in [0.5, 0.6) is 0 Å². The highest BCUT2D eigenvalue weighted by molar-refractivity contribution is 7.89. The van der Waals surface area contributed by atoms with Crippen LogP contribution in [0.3, 0.4) is 0 Å². The minimum atomic E-state index is -3.61. The molecule has 0 N–H and O–H groups in total. The van der Waals surface area contributed by atoms with E-state index in [1.165, 1.54) is 4.31 Å². The normalized spacial score (nSPS) is 16.1. The average Bonchev–Trinajstić information content (AvgIpc) is 3.03. The monoisotopic (exact) mass is 589 g/mol. The minimum absolute atomic E-state index is 0.0881. The first kappa shape index (κ1) is 31.5. The van der Waals surface area contributed by atoms with E-state index in [0.29, 0.717) is 18.0 Å². The Morgan fingerprint density at radius 3 is 2.14 bits per heavy atom. The largest absolute Gasteiger partial charge is 0.445 e. The molecule has 1 saturated heterocycles. The standard InChI is InChI=1S/C34H43N3O4S/c1-4-23-37(33(38)41-27-29-14-8-5-9-15-29)31-20-24-36(25-21-31)26-22-34(2,30-16-10-6-11-17-30)28-35(3)42(39,40)32-18-12-7-13-19-32/h4-19,31H,1,20-28H2,2-3H3/t34-/m1/s1. The van der Waals surface area contributed by atoms with E-state index in [-0.39, 0.29) is 24.2 Å². The van der Waals surface area contributed by atoms with Crippen LogP contribution in [0.25, 0.3) is 0 Å². The van der Waals surface area contributed by atoms with Gasteiger partial charge in [0.1, 0.15) is 6.61 Å². The molecule has 4 rings (SSSR count). The number of hydrogen-bond donors (Lipinski definition) is 0. The predicted molar refractivity (Wildman–Crippen MR) is 168 cm³/mol. The maximum absolute atomic E-state index is 13.3. The molecular weight excluding hydrogens is 546 g/mol. The van der Waals surface area contributed by atoms with Gasteiger partial charge in [-0.3, -0.25) is 0 Å². The molecule has 7 nitrogen and oxygen atoms in total. The van der Waals surface area contributed by atoms with E-state index in [0.717, 1.165) is 50.0 Å². The smallest absolute Gasteiger partial charge is 0.410 e. The molecule has 0 unspecified atom stereocenters. The van der Waals surface area contributed by atoms with Gasteiger partial charge in [-0.2, -0.15) is 0 Å². The van der Waals surface area contributed by atoms with Crippen LogP contribution in [-0.2, 0) is 26.8 Å². The molecule has 0 aliphatic carbocycles. The molecule has 0 spiro atoms. The van der Waals surface area contributed by atoms with Crippen molar-refractivity contribution >= 4 is 16.1 Å². The first-order valence-electron chi connectivity index (χ1n) is 14.6. The van der Waals surface area contributed by atoms with Crippen LogP contribution in [-0.4, -0.2) is 74.4 Å². The van der Waals surface area contributed by atoms with E-state index < -0.39 is 10.0 Å². The fourth-order valence-corrected chi connectivity index (χ4v) is 6.99. The van der Waals surface area contributed by atoms with Gasteiger partial charge in [0.2, 0.25) is 10.0 Å². The predicted octanol–water partition coefficient (Wildman–Crippen LogP) is 5.94. The van der Waals surface area contributed by atoms with E-state index in [2.05, 4.69) is 30.5 Å². The summed E-state index contributed by atoms with van der Waals surface area (Å²) < 4.78 is 33.8. The van der Waals surface area contributed by atoms with Crippen molar-refractivity contribution in [3.8, 4) is 0 Å². The van der Waals surface area contributed by atoms with Crippen LogP contribution in [0.15, 0.2) is 109 Å². The van der Waals surface area contributed by atoms with E-state index >= 15 is 0 Å². The molecule has 0 radical (unpaired) electrons. The summed E-state index contributed by atoms with van der Waals surface area (Å²) >= 11 is 0. The topological polar surface area (TPSA) is 70.2 Å². The summed E-state index contributed by atoms with van der Waals surface area (Å²) in [6, 6.07) is 28.6. The lowest BCUT2D eigenvalue weighted by molar-refractivity contribution is 0.0647. The molecule has 8 heteroatoms. The van der Waals surface area contributed by atoms with Crippen LogP contribution in [0.2, 0.25) is 0 Å². The molecule has 1 heterocycles. The van der Waals surface area contributed by atoms with Gasteiger partial charge in [-0.05, 0) is 49.1 Å². The average molecular weight is 590 g/mol. The molecule has 42 heavy (non-hydrogen) atoms. The number of carbonyl (C=O) groups excluding carboxylic acids is 1. The Morgan fingerprint density at radius 2 is 1.55 bits per heavy atom. The second kappa shape index (κ2) is 14.6. The van der Waals surface area contributed by atoms with Crippen LogP contribution in [0.1, 0.15) is 37.3 Å². The van der Waals surface area contributed by atoms with Crippen molar-refractivity contribution in [1.29, 1.82) is 0 Å². The fourth-order valence-electron chi connectivity index (χ4n) is 5.68. The molecule has 224 valence electrons. The number of likely N-dealkylation sites (tertiary alicyclic amines) is 1.